The fourth-order valence-corrected chi connectivity index (χ4v) is 4.35. The topological polar surface area (TPSA) is 61.4 Å². The molecule has 1 fully saturated rings. The van der Waals surface area contributed by atoms with Gasteiger partial charge in [-0.1, -0.05) is 56.3 Å². The van der Waals surface area contributed by atoms with Gasteiger partial charge in [-0.3, -0.25) is 0 Å². The second-order valence-electron chi connectivity index (χ2n) is 8.84. The number of hydrogen-bond donors (Lipinski definition) is 1. The number of anilines is 2. The number of piperazine rings is 1. The summed E-state index contributed by atoms with van der Waals surface area (Å²) >= 11 is 0. The number of carbonyl (C=O) groups excluding carboxylic acids is 1. The van der Waals surface area contributed by atoms with E-state index in [2.05, 4.69) is 24.1 Å². The highest BCUT2D eigenvalue weighted by Gasteiger charge is 2.34. The normalized spacial score (nSPS) is 14.4. The van der Waals surface area contributed by atoms with Gasteiger partial charge < -0.3 is 15.1 Å². The zero-order chi connectivity index (χ0) is 25.2. The average Bonchev–Trinajstić information content (AvgIpc) is 2.83. The molecular weight excluding hydrogens is 455 g/mol. The molecule has 0 radical (unpaired) electrons. The lowest BCUT2D eigenvalue weighted by atomic mass is 10.0. The van der Waals surface area contributed by atoms with Gasteiger partial charge >= 0.3 is 12.2 Å². The highest BCUT2D eigenvalue weighted by molar-refractivity contribution is 5.90. The summed E-state index contributed by atoms with van der Waals surface area (Å²) in [6.45, 7) is 7.92. The maximum atomic E-state index is 13.3. The summed E-state index contributed by atoms with van der Waals surface area (Å²) in [6.07, 6.45) is -4.54. The molecule has 1 aromatic heterocycles. The molecule has 0 bridgehead atoms. The summed E-state index contributed by atoms with van der Waals surface area (Å²) in [6, 6.07) is 14.2. The Labute approximate surface area is 202 Å². The molecule has 2 aromatic carbocycles. The van der Waals surface area contributed by atoms with Crippen molar-refractivity contribution >= 4 is 17.5 Å². The lowest BCUT2D eigenvalue weighted by Crippen LogP contribution is -2.50. The molecule has 0 aliphatic carbocycles. The minimum Gasteiger partial charge on any atom is -0.353 e. The number of rotatable bonds is 4. The summed E-state index contributed by atoms with van der Waals surface area (Å²) in [7, 11) is 0. The fourth-order valence-electron chi connectivity index (χ4n) is 4.35. The number of halogens is 3. The minimum absolute atomic E-state index is 0.204. The summed E-state index contributed by atoms with van der Waals surface area (Å²) in [4.78, 5) is 26.1. The lowest BCUT2D eigenvalue weighted by Gasteiger charge is -2.37. The van der Waals surface area contributed by atoms with Gasteiger partial charge in [0.25, 0.3) is 0 Å². The van der Waals surface area contributed by atoms with Gasteiger partial charge in [0.2, 0.25) is 0 Å². The summed E-state index contributed by atoms with van der Waals surface area (Å²) < 4.78 is 39.9. The van der Waals surface area contributed by atoms with Crippen molar-refractivity contribution in [2.45, 2.75) is 32.9 Å². The van der Waals surface area contributed by atoms with Gasteiger partial charge in [-0.05, 0) is 25.0 Å². The van der Waals surface area contributed by atoms with Crippen LogP contribution < -0.4 is 10.2 Å². The van der Waals surface area contributed by atoms with Gasteiger partial charge in [0.1, 0.15) is 5.82 Å². The van der Waals surface area contributed by atoms with E-state index in [1.165, 1.54) is 23.1 Å². The van der Waals surface area contributed by atoms with Crippen LogP contribution in [0.1, 0.15) is 36.6 Å². The van der Waals surface area contributed by atoms with Crippen molar-refractivity contribution < 1.29 is 18.0 Å². The Hall–Kier alpha value is -3.62. The van der Waals surface area contributed by atoms with Crippen molar-refractivity contribution in [2.24, 2.45) is 0 Å². The number of nitrogens with zero attached hydrogens (tertiary/aromatic N) is 4. The molecule has 0 unspecified atom stereocenters. The Morgan fingerprint density at radius 3 is 2.20 bits per heavy atom. The molecule has 3 aromatic rings. The maximum Gasteiger partial charge on any atom is 0.418 e. The van der Waals surface area contributed by atoms with E-state index in [1.54, 1.807) is 0 Å². The average molecular weight is 484 g/mol. The predicted octanol–water partition coefficient (Wildman–Crippen LogP) is 5.95. The zero-order valence-corrected chi connectivity index (χ0v) is 19.9. The van der Waals surface area contributed by atoms with Crippen LogP contribution in [0.4, 0.5) is 29.5 Å². The molecule has 0 saturated carbocycles. The Morgan fingerprint density at radius 2 is 1.57 bits per heavy atom. The van der Waals surface area contributed by atoms with E-state index >= 15 is 0 Å². The molecule has 9 heteroatoms. The van der Waals surface area contributed by atoms with Gasteiger partial charge in [-0.25, -0.2) is 14.8 Å². The van der Waals surface area contributed by atoms with E-state index in [1.807, 2.05) is 37.3 Å². The molecule has 2 heterocycles. The van der Waals surface area contributed by atoms with Crippen molar-refractivity contribution in [2.75, 3.05) is 36.4 Å². The van der Waals surface area contributed by atoms with E-state index in [0.717, 1.165) is 28.7 Å². The monoisotopic (exact) mass is 483 g/mol. The molecule has 1 saturated heterocycles. The number of carbonyl (C=O) groups is 1. The number of benzene rings is 2. The van der Waals surface area contributed by atoms with Crippen LogP contribution in [0, 0.1) is 6.92 Å². The van der Waals surface area contributed by atoms with Crippen LogP contribution in [0.25, 0.3) is 11.4 Å². The molecule has 1 aliphatic heterocycles. The molecule has 6 nitrogen and oxygen atoms in total. The SMILES string of the molecule is Cc1nc(-c2ccccc2)nc(N2CCN(C(=O)Nc3ccccc3C(F)(F)F)CC2)c1C(C)C. The number of hydrogen-bond acceptors (Lipinski definition) is 4. The number of aromatic nitrogens is 2. The molecule has 1 aliphatic rings. The number of urea groups is 1. The second kappa shape index (κ2) is 9.93. The van der Waals surface area contributed by atoms with Crippen LogP contribution in [0.15, 0.2) is 54.6 Å². The van der Waals surface area contributed by atoms with Crippen molar-refractivity contribution in [1.82, 2.24) is 14.9 Å². The van der Waals surface area contributed by atoms with Gasteiger partial charge in [-0.15, -0.1) is 0 Å². The third-order valence-corrected chi connectivity index (χ3v) is 6.07. The van der Waals surface area contributed by atoms with Crippen LogP contribution in [-0.2, 0) is 6.18 Å². The van der Waals surface area contributed by atoms with E-state index in [4.69, 9.17) is 9.97 Å². The van der Waals surface area contributed by atoms with Crippen molar-refractivity contribution in [1.29, 1.82) is 0 Å². The van der Waals surface area contributed by atoms with Crippen LogP contribution in [0.5, 0.6) is 0 Å². The predicted molar refractivity (Wildman–Crippen MR) is 131 cm³/mol. The van der Waals surface area contributed by atoms with Crippen LogP contribution in [-0.4, -0.2) is 47.1 Å². The Kier molecular flexibility index (Phi) is 6.95. The quantitative estimate of drug-likeness (QED) is 0.498. The fraction of sp³-hybridized carbons (Fsp3) is 0.346. The smallest absolute Gasteiger partial charge is 0.353 e. The standard InChI is InChI=1S/C26H28F3N5O/c1-17(2)22-18(3)30-23(19-9-5-4-6-10-19)32-24(22)33-13-15-34(16-14-33)25(35)31-21-12-8-7-11-20(21)26(27,28)29/h4-12,17H,13-16H2,1-3H3,(H,31,35). The number of amides is 2. The Balaban J connectivity index is 1.52. The molecule has 4 rings (SSSR count). The molecule has 2 amide bonds. The first-order valence-corrected chi connectivity index (χ1v) is 11.6. The van der Waals surface area contributed by atoms with E-state index < -0.39 is 17.8 Å². The number of para-hydroxylation sites is 1. The van der Waals surface area contributed by atoms with Gasteiger partial charge in [0.05, 0.1) is 11.3 Å². The third kappa shape index (κ3) is 5.39. The first-order valence-electron chi connectivity index (χ1n) is 11.6. The molecule has 35 heavy (non-hydrogen) atoms. The molecule has 0 spiro atoms. The van der Waals surface area contributed by atoms with Crippen molar-refractivity contribution in [3.8, 4) is 11.4 Å². The number of aryl methyl sites for hydroxylation is 1. The first-order chi connectivity index (χ1) is 16.6. The van der Waals surface area contributed by atoms with Crippen molar-refractivity contribution in [3.63, 3.8) is 0 Å². The second-order valence-corrected chi connectivity index (χ2v) is 8.84. The molecule has 184 valence electrons. The van der Waals surface area contributed by atoms with Gasteiger partial charge in [0, 0.05) is 43.0 Å². The lowest BCUT2D eigenvalue weighted by molar-refractivity contribution is -0.136. The van der Waals surface area contributed by atoms with Crippen LogP contribution in [0.3, 0.4) is 0 Å². The van der Waals surface area contributed by atoms with E-state index in [0.29, 0.717) is 32.0 Å². The first kappa shape index (κ1) is 24.5. The van der Waals surface area contributed by atoms with Crippen LogP contribution >= 0.6 is 0 Å². The van der Waals surface area contributed by atoms with E-state index in [9.17, 15) is 18.0 Å². The van der Waals surface area contributed by atoms with Crippen molar-refractivity contribution in [3.05, 3.63) is 71.4 Å². The number of nitrogens with one attached hydrogen (secondary N) is 1. The highest BCUT2D eigenvalue weighted by Crippen LogP contribution is 2.35. The summed E-state index contributed by atoms with van der Waals surface area (Å²) in [5.74, 6) is 1.69. The molecule has 0 atom stereocenters. The molecular formula is C26H28F3N5O. The van der Waals surface area contributed by atoms with Gasteiger partial charge in [0.15, 0.2) is 5.82 Å². The van der Waals surface area contributed by atoms with E-state index in [-0.39, 0.29) is 11.6 Å². The summed E-state index contributed by atoms with van der Waals surface area (Å²) in [5, 5.41) is 2.43. The zero-order valence-electron chi connectivity index (χ0n) is 19.9. The third-order valence-electron chi connectivity index (χ3n) is 6.07. The summed E-state index contributed by atoms with van der Waals surface area (Å²) in [5.41, 5.74) is 1.79. The maximum absolute atomic E-state index is 13.3. The Bertz CT molecular complexity index is 1190. The largest absolute Gasteiger partial charge is 0.418 e. The minimum atomic E-state index is -4.54. The Morgan fingerprint density at radius 1 is 0.943 bits per heavy atom. The van der Waals surface area contributed by atoms with Crippen LogP contribution in [0.2, 0.25) is 0 Å². The number of alkyl halides is 3. The molecule has 1 N–H and O–H groups in total. The highest BCUT2D eigenvalue weighted by atomic mass is 19.4. The van der Waals surface area contributed by atoms with Gasteiger partial charge in [-0.2, -0.15) is 13.2 Å².